The number of primary amides is 1. The van der Waals surface area contributed by atoms with Gasteiger partial charge in [-0.05, 0) is 25.7 Å². The fraction of sp³-hybridized carbons (Fsp3) is 0.688. The van der Waals surface area contributed by atoms with Gasteiger partial charge in [-0.25, -0.2) is 0 Å². The van der Waals surface area contributed by atoms with Crippen LogP contribution in [0.4, 0.5) is 0 Å². The summed E-state index contributed by atoms with van der Waals surface area (Å²) in [6.45, 7) is 0.314. The van der Waals surface area contributed by atoms with E-state index >= 15 is 0 Å². The number of likely N-dealkylation sites (tertiary alicyclic amines) is 1. The molecule has 0 aromatic heterocycles. The van der Waals surface area contributed by atoms with Crippen molar-refractivity contribution in [1.29, 1.82) is 0 Å². The molecule has 0 aromatic rings. The molecule has 1 aliphatic heterocycles. The molecule has 0 radical (unpaired) electrons. The standard InChI is InChI=1S/C16H30N8O4S/c17-9(8-29)15(28)24-6-2-4-11(24)14(27)23-10(3-1-5-21-16(19)20)13(26)22-7-12(18)25/h9-11,29H,1-8,17H2,(H2,18,25)(H,22,26)(H,23,27)(H4,19,20,21). The number of nitrogens with two attached hydrogens (primary N) is 4. The van der Waals surface area contributed by atoms with E-state index in [1.165, 1.54) is 4.90 Å². The van der Waals surface area contributed by atoms with Crippen molar-refractivity contribution in [2.24, 2.45) is 27.9 Å². The van der Waals surface area contributed by atoms with Crippen LogP contribution in [0.3, 0.4) is 0 Å². The second-order valence-electron chi connectivity index (χ2n) is 6.67. The van der Waals surface area contributed by atoms with Gasteiger partial charge in [0.05, 0.1) is 12.6 Å². The monoisotopic (exact) mass is 430 g/mol. The van der Waals surface area contributed by atoms with E-state index < -0.39 is 35.8 Å². The molecule has 164 valence electrons. The highest BCUT2D eigenvalue weighted by atomic mass is 32.1. The minimum atomic E-state index is -0.938. The number of nitrogens with zero attached hydrogens (tertiary/aromatic N) is 2. The molecular weight excluding hydrogens is 400 g/mol. The topological polar surface area (TPSA) is 212 Å². The van der Waals surface area contributed by atoms with Gasteiger partial charge in [-0.1, -0.05) is 0 Å². The van der Waals surface area contributed by atoms with Crippen molar-refractivity contribution in [2.45, 2.75) is 43.8 Å². The Hall–Kier alpha value is -2.54. The average Bonchev–Trinajstić information content (AvgIpc) is 3.16. The highest BCUT2D eigenvalue weighted by Gasteiger charge is 2.37. The maximum Gasteiger partial charge on any atom is 0.243 e. The fourth-order valence-corrected chi connectivity index (χ4v) is 3.09. The number of amides is 4. The van der Waals surface area contributed by atoms with Crippen LogP contribution >= 0.6 is 12.6 Å². The van der Waals surface area contributed by atoms with Gasteiger partial charge >= 0.3 is 0 Å². The maximum atomic E-state index is 12.8. The lowest BCUT2D eigenvalue weighted by molar-refractivity contribution is -0.140. The molecule has 1 heterocycles. The summed E-state index contributed by atoms with van der Waals surface area (Å²) >= 11 is 4.02. The van der Waals surface area contributed by atoms with E-state index in [4.69, 9.17) is 22.9 Å². The van der Waals surface area contributed by atoms with E-state index in [1.807, 2.05) is 0 Å². The molecule has 4 amide bonds. The van der Waals surface area contributed by atoms with Gasteiger partial charge in [-0.15, -0.1) is 0 Å². The van der Waals surface area contributed by atoms with Crippen molar-refractivity contribution >= 4 is 42.2 Å². The smallest absolute Gasteiger partial charge is 0.243 e. The van der Waals surface area contributed by atoms with E-state index in [9.17, 15) is 19.2 Å². The second-order valence-corrected chi connectivity index (χ2v) is 7.04. The Balaban J connectivity index is 2.79. The molecule has 0 spiro atoms. The third-order valence-electron chi connectivity index (χ3n) is 4.37. The first kappa shape index (κ1) is 24.5. The predicted octanol–water partition coefficient (Wildman–Crippen LogP) is -3.63. The number of hydrogen-bond donors (Lipinski definition) is 7. The van der Waals surface area contributed by atoms with Crippen molar-refractivity contribution in [2.75, 3.05) is 25.4 Å². The first-order chi connectivity index (χ1) is 13.7. The Morgan fingerprint density at radius 3 is 2.48 bits per heavy atom. The van der Waals surface area contributed by atoms with Gasteiger partial charge in [0.15, 0.2) is 5.96 Å². The molecular formula is C16H30N8O4S. The summed E-state index contributed by atoms with van der Waals surface area (Å²) in [4.78, 5) is 53.7. The minimum Gasteiger partial charge on any atom is -0.370 e. The molecule has 12 nitrogen and oxygen atoms in total. The first-order valence-corrected chi connectivity index (χ1v) is 9.89. The van der Waals surface area contributed by atoms with Crippen molar-refractivity contribution in [3.8, 4) is 0 Å². The number of aliphatic imine (C=N–C) groups is 1. The number of thiol groups is 1. The number of nitrogens with one attached hydrogen (secondary N) is 2. The van der Waals surface area contributed by atoms with Gasteiger partial charge in [-0.3, -0.25) is 24.2 Å². The van der Waals surface area contributed by atoms with Crippen LogP contribution in [0, 0.1) is 0 Å². The maximum absolute atomic E-state index is 12.8. The lowest BCUT2D eigenvalue weighted by atomic mass is 10.1. The third kappa shape index (κ3) is 8.15. The SMILES string of the molecule is NC(=O)CNC(=O)C(CCCN=C(N)N)NC(=O)C1CCCN1C(=O)C(N)CS. The molecule has 13 heteroatoms. The Kier molecular flexibility index (Phi) is 10.2. The summed E-state index contributed by atoms with van der Waals surface area (Å²) in [5.74, 6) is -2.03. The Morgan fingerprint density at radius 1 is 1.21 bits per heavy atom. The number of guanidine groups is 1. The fourth-order valence-electron chi connectivity index (χ4n) is 2.93. The number of rotatable bonds is 11. The summed E-state index contributed by atoms with van der Waals surface area (Å²) in [7, 11) is 0. The van der Waals surface area contributed by atoms with Crippen LogP contribution in [0.25, 0.3) is 0 Å². The summed E-state index contributed by atoms with van der Waals surface area (Å²) < 4.78 is 0. The van der Waals surface area contributed by atoms with Crippen molar-refractivity contribution in [3.05, 3.63) is 0 Å². The van der Waals surface area contributed by atoms with Crippen LogP contribution in [0.5, 0.6) is 0 Å². The van der Waals surface area contributed by atoms with Gasteiger partial charge < -0.3 is 38.5 Å². The van der Waals surface area contributed by atoms with Gasteiger partial charge in [0, 0.05) is 18.8 Å². The van der Waals surface area contributed by atoms with Gasteiger partial charge in [0.2, 0.25) is 23.6 Å². The van der Waals surface area contributed by atoms with Crippen LogP contribution in [0.15, 0.2) is 4.99 Å². The Labute approximate surface area is 174 Å². The minimum absolute atomic E-state index is 0.0793. The van der Waals surface area contributed by atoms with Gasteiger partial charge in [0.25, 0.3) is 0 Å². The number of carbonyl (C=O) groups is 4. The van der Waals surface area contributed by atoms with E-state index in [-0.39, 0.29) is 37.1 Å². The van der Waals surface area contributed by atoms with Crippen LogP contribution in [-0.2, 0) is 19.2 Å². The molecule has 0 aromatic carbocycles. The molecule has 10 N–H and O–H groups in total. The number of carbonyl (C=O) groups excluding carboxylic acids is 4. The van der Waals surface area contributed by atoms with Crippen molar-refractivity contribution in [3.63, 3.8) is 0 Å². The molecule has 3 unspecified atom stereocenters. The van der Waals surface area contributed by atoms with E-state index in [0.29, 0.717) is 25.8 Å². The highest BCUT2D eigenvalue weighted by molar-refractivity contribution is 7.80. The van der Waals surface area contributed by atoms with Crippen molar-refractivity contribution in [1.82, 2.24) is 15.5 Å². The normalized spacial score (nSPS) is 17.9. The quantitative estimate of drug-likeness (QED) is 0.0755. The van der Waals surface area contributed by atoms with Crippen LogP contribution in [0.1, 0.15) is 25.7 Å². The molecule has 1 saturated heterocycles. The van der Waals surface area contributed by atoms with Crippen LogP contribution in [-0.4, -0.2) is 78.0 Å². The summed E-state index contributed by atoms with van der Waals surface area (Å²) in [5.41, 5.74) is 21.3. The van der Waals surface area contributed by atoms with Gasteiger partial charge in [0.1, 0.15) is 12.1 Å². The van der Waals surface area contributed by atoms with E-state index in [2.05, 4.69) is 28.3 Å². The molecule has 1 rings (SSSR count). The zero-order valence-electron chi connectivity index (χ0n) is 16.2. The molecule has 0 bridgehead atoms. The third-order valence-corrected chi connectivity index (χ3v) is 4.76. The van der Waals surface area contributed by atoms with Crippen LogP contribution in [0.2, 0.25) is 0 Å². The van der Waals surface area contributed by atoms with Crippen molar-refractivity contribution < 1.29 is 19.2 Å². The molecule has 1 fully saturated rings. The number of hydrogen-bond acceptors (Lipinski definition) is 7. The zero-order valence-corrected chi connectivity index (χ0v) is 17.1. The lowest BCUT2D eigenvalue weighted by Gasteiger charge is -2.28. The Morgan fingerprint density at radius 2 is 1.90 bits per heavy atom. The average molecular weight is 431 g/mol. The van der Waals surface area contributed by atoms with Crippen LogP contribution < -0.4 is 33.6 Å². The molecule has 0 saturated carbocycles. The summed E-state index contributed by atoms with van der Waals surface area (Å²) in [6.07, 6.45) is 1.74. The van der Waals surface area contributed by atoms with E-state index in [0.717, 1.165) is 0 Å². The highest BCUT2D eigenvalue weighted by Crippen LogP contribution is 2.19. The largest absolute Gasteiger partial charge is 0.370 e. The molecule has 3 atom stereocenters. The van der Waals surface area contributed by atoms with Gasteiger partial charge in [-0.2, -0.15) is 12.6 Å². The molecule has 29 heavy (non-hydrogen) atoms. The van der Waals surface area contributed by atoms with E-state index in [1.54, 1.807) is 0 Å². The first-order valence-electron chi connectivity index (χ1n) is 9.26. The Bertz CT molecular complexity index is 640. The summed E-state index contributed by atoms with van der Waals surface area (Å²) in [6, 6.07) is -2.47. The second kappa shape index (κ2) is 12.1. The summed E-state index contributed by atoms with van der Waals surface area (Å²) in [5, 5.41) is 5.01. The molecule has 0 aliphatic carbocycles. The lowest BCUT2D eigenvalue weighted by Crippen LogP contribution is -2.55. The molecule has 1 aliphatic rings. The predicted molar refractivity (Wildman–Crippen MR) is 111 cm³/mol. The zero-order chi connectivity index (χ0) is 22.0.